The third-order valence-corrected chi connectivity index (χ3v) is 3.22. The highest BCUT2D eigenvalue weighted by Crippen LogP contribution is 2.24. The summed E-state index contributed by atoms with van der Waals surface area (Å²) in [7, 11) is 0. The lowest BCUT2D eigenvalue weighted by Gasteiger charge is -2.13. The molecule has 0 aliphatic heterocycles. The van der Waals surface area contributed by atoms with E-state index in [0.29, 0.717) is 11.6 Å². The Morgan fingerprint density at radius 2 is 1.55 bits per heavy atom. The molecule has 4 nitrogen and oxygen atoms in total. The van der Waals surface area contributed by atoms with Crippen LogP contribution in [0.4, 0.5) is 5.69 Å². The van der Waals surface area contributed by atoms with E-state index in [0.717, 1.165) is 12.8 Å². The molecule has 0 bridgehead atoms. The molecule has 0 radical (unpaired) electrons. The summed E-state index contributed by atoms with van der Waals surface area (Å²) in [5.74, 6) is 0.531. The Labute approximate surface area is 119 Å². The van der Waals surface area contributed by atoms with Gasteiger partial charge in [-0.15, -0.1) is 0 Å². The second-order valence-corrected chi connectivity index (χ2v) is 4.35. The minimum atomic E-state index is -0.212. The zero-order valence-electron chi connectivity index (χ0n) is 11.6. The number of benzene rings is 1. The Kier molecular flexibility index (Phi) is 5.82. The Balaban J connectivity index is 2.97. The van der Waals surface area contributed by atoms with Crippen LogP contribution in [0.1, 0.15) is 38.2 Å². The van der Waals surface area contributed by atoms with Gasteiger partial charge in [0.15, 0.2) is 5.57 Å². The SMILES string of the molecule is CCC(CC)c1ccc(NC(C#N)=C(C#N)C#N)cc1. The van der Waals surface area contributed by atoms with Gasteiger partial charge in [-0.1, -0.05) is 26.0 Å². The fraction of sp³-hybridized carbons (Fsp3) is 0.312. The van der Waals surface area contributed by atoms with Crippen LogP contribution in [0.3, 0.4) is 0 Å². The number of rotatable bonds is 5. The summed E-state index contributed by atoms with van der Waals surface area (Å²) in [5.41, 5.74) is 1.71. The first kappa shape index (κ1) is 15.3. The van der Waals surface area contributed by atoms with Crippen molar-refractivity contribution in [3.63, 3.8) is 0 Å². The van der Waals surface area contributed by atoms with Crippen LogP contribution in [0, 0.1) is 34.0 Å². The van der Waals surface area contributed by atoms with E-state index in [4.69, 9.17) is 15.8 Å². The standard InChI is InChI=1S/C16H16N4/c1-3-12(4-2)13-5-7-15(8-6-13)20-16(11-19)14(9-17)10-18/h5-8,12,20H,3-4H2,1-2H3. The molecule has 0 amide bonds. The highest BCUT2D eigenvalue weighted by atomic mass is 14.9. The van der Waals surface area contributed by atoms with Gasteiger partial charge in [-0.3, -0.25) is 0 Å². The van der Waals surface area contributed by atoms with Gasteiger partial charge in [-0.05, 0) is 36.5 Å². The molecule has 0 fully saturated rings. The first-order valence-corrected chi connectivity index (χ1v) is 6.51. The van der Waals surface area contributed by atoms with Gasteiger partial charge in [0.05, 0.1) is 0 Å². The summed E-state index contributed by atoms with van der Waals surface area (Å²) in [6, 6.07) is 13.0. The van der Waals surface area contributed by atoms with Crippen LogP contribution in [0.2, 0.25) is 0 Å². The van der Waals surface area contributed by atoms with Gasteiger partial charge in [0.25, 0.3) is 0 Å². The largest absolute Gasteiger partial charge is 0.345 e. The second-order valence-electron chi connectivity index (χ2n) is 4.35. The van der Waals surface area contributed by atoms with E-state index < -0.39 is 0 Å². The molecule has 0 spiro atoms. The van der Waals surface area contributed by atoms with E-state index in [-0.39, 0.29) is 11.3 Å². The maximum atomic E-state index is 8.97. The van der Waals surface area contributed by atoms with E-state index in [2.05, 4.69) is 19.2 Å². The number of nitrogens with zero attached hydrogens (tertiary/aromatic N) is 3. The van der Waals surface area contributed by atoms with E-state index in [1.165, 1.54) is 5.56 Å². The van der Waals surface area contributed by atoms with Gasteiger partial charge in [-0.25, -0.2) is 0 Å². The van der Waals surface area contributed by atoms with E-state index in [1.807, 2.05) is 30.3 Å². The number of nitrogens with one attached hydrogen (secondary N) is 1. The molecule has 4 heteroatoms. The Morgan fingerprint density at radius 3 is 1.95 bits per heavy atom. The predicted octanol–water partition coefficient (Wildman–Crippen LogP) is 3.83. The quantitative estimate of drug-likeness (QED) is 0.819. The molecule has 0 saturated heterocycles. The van der Waals surface area contributed by atoms with E-state index in [1.54, 1.807) is 12.1 Å². The molecule has 0 unspecified atom stereocenters. The van der Waals surface area contributed by atoms with Gasteiger partial charge in [0, 0.05) is 5.69 Å². The summed E-state index contributed by atoms with van der Waals surface area (Å²) in [4.78, 5) is 0. The van der Waals surface area contributed by atoms with Crippen LogP contribution < -0.4 is 5.32 Å². The van der Waals surface area contributed by atoms with Crippen molar-refractivity contribution in [2.45, 2.75) is 32.6 Å². The number of anilines is 1. The Hall–Kier alpha value is -2.77. The Morgan fingerprint density at radius 1 is 1.00 bits per heavy atom. The van der Waals surface area contributed by atoms with Crippen molar-refractivity contribution in [3.05, 3.63) is 41.1 Å². The average Bonchev–Trinajstić information content (AvgIpc) is 2.50. The summed E-state index contributed by atoms with van der Waals surface area (Å²) in [6.07, 6.45) is 2.17. The number of hydrogen-bond acceptors (Lipinski definition) is 4. The zero-order valence-corrected chi connectivity index (χ0v) is 11.6. The molecule has 20 heavy (non-hydrogen) atoms. The van der Waals surface area contributed by atoms with Crippen molar-refractivity contribution in [1.29, 1.82) is 15.8 Å². The second kappa shape index (κ2) is 7.62. The molecule has 1 N–H and O–H groups in total. The predicted molar refractivity (Wildman–Crippen MR) is 77.3 cm³/mol. The molecule has 1 aromatic rings. The van der Waals surface area contributed by atoms with Gasteiger partial charge < -0.3 is 5.32 Å². The smallest absolute Gasteiger partial charge is 0.163 e. The normalized spacial score (nSPS) is 9.20. The van der Waals surface area contributed by atoms with Gasteiger partial charge in [0.2, 0.25) is 0 Å². The molecular weight excluding hydrogens is 248 g/mol. The topological polar surface area (TPSA) is 83.4 Å². The number of nitriles is 3. The van der Waals surface area contributed by atoms with E-state index >= 15 is 0 Å². The van der Waals surface area contributed by atoms with Gasteiger partial charge in [-0.2, -0.15) is 15.8 Å². The Bertz CT molecular complexity index is 586. The zero-order chi connectivity index (χ0) is 15.0. The molecule has 1 rings (SSSR count). The van der Waals surface area contributed by atoms with Crippen molar-refractivity contribution < 1.29 is 0 Å². The lowest BCUT2D eigenvalue weighted by atomic mass is 9.94. The van der Waals surface area contributed by atoms with Crippen molar-refractivity contribution in [2.24, 2.45) is 0 Å². The maximum Gasteiger partial charge on any atom is 0.163 e. The average molecular weight is 264 g/mol. The van der Waals surface area contributed by atoms with Crippen LogP contribution in [0.15, 0.2) is 35.5 Å². The fourth-order valence-electron chi connectivity index (χ4n) is 2.03. The highest BCUT2D eigenvalue weighted by Gasteiger charge is 2.08. The molecule has 0 aromatic heterocycles. The first-order chi connectivity index (χ1) is 9.69. The van der Waals surface area contributed by atoms with Crippen LogP contribution >= 0.6 is 0 Å². The van der Waals surface area contributed by atoms with Crippen molar-refractivity contribution in [3.8, 4) is 18.2 Å². The third-order valence-electron chi connectivity index (χ3n) is 3.22. The highest BCUT2D eigenvalue weighted by molar-refractivity contribution is 5.58. The monoisotopic (exact) mass is 264 g/mol. The molecule has 100 valence electrons. The molecule has 0 saturated carbocycles. The van der Waals surface area contributed by atoms with Crippen LogP contribution in [-0.4, -0.2) is 0 Å². The molecule has 0 aliphatic rings. The lowest BCUT2D eigenvalue weighted by Crippen LogP contribution is -2.01. The van der Waals surface area contributed by atoms with Crippen molar-refractivity contribution in [1.82, 2.24) is 0 Å². The summed E-state index contributed by atoms with van der Waals surface area (Å²) < 4.78 is 0. The first-order valence-electron chi connectivity index (χ1n) is 6.51. The summed E-state index contributed by atoms with van der Waals surface area (Å²) >= 11 is 0. The van der Waals surface area contributed by atoms with E-state index in [9.17, 15) is 0 Å². The van der Waals surface area contributed by atoms with Crippen molar-refractivity contribution >= 4 is 5.69 Å². The van der Waals surface area contributed by atoms with Gasteiger partial charge >= 0.3 is 0 Å². The third kappa shape index (κ3) is 3.61. The van der Waals surface area contributed by atoms with Crippen LogP contribution in [0.25, 0.3) is 0 Å². The molecule has 0 atom stereocenters. The maximum absolute atomic E-state index is 8.97. The minimum absolute atomic E-state index is 0.0229. The number of allylic oxidation sites excluding steroid dienone is 2. The molecule has 1 aromatic carbocycles. The van der Waals surface area contributed by atoms with Crippen LogP contribution in [-0.2, 0) is 0 Å². The molecular formula is C16H16N4. The molecule has 0 heterocycles. The van der Waals surface area contributed by atoms with Crippen LogP contribution in [0.5, 0.6) is 0 Å². The summed E-state index contributed by atoms with van der Waals surface area (Å²) in [6.45, 7) is 4.31. The van der Waals surface area contributed by atoms with Crippen molar-refractivity contribution in [2.75, 3.05) is 5.32 Å². The minimum Gasteiger partial charge on any atom is -0.345 e. The van der Waals surface area contributed by atoms with Gasteiger partial charge in [0.1, 0.15) is 23.9 Å². The lowest BCUT2D eigenvalue weighted by molar-refractivity contribution is 0.642. The number of hydrogen-bond donors (Lipinski definition) is 1. The summed E-state index contributed by atoms with van der Waals surface area (Å²) in [5, 5.41) is 29.3. The fourth-order valence-corrected chi connectivity index (χ4v) is 2.03. The molecule has 0 aliphatic carbocycles.